The fourth-order valence-corrected chi connectivity index (χ4v) is 15.0. The van der Waals surface area contributed by atoms with Gasteiger partial charge in [0.2, 0.25) is 6.29 Å². The van der Waals surface area contributed by atoms with Crippen LogP contribution in [0, 0.1) is 50.2 Å². The molecule has 0 spiro atoms. The maximum atomic E-state index is 15.0. The van der Waals surface area contributed by atoms with Crippen LogP contribution in [0.5, 0.6) is 0 Å². The van der Waals surface area contributed by atoms with E-state index in [-0.39, 0.29) is 52.6 Å². The van der Waals surface area contributed by atoms with Gasteiger partial charge in [-0.15, -0.1) is 0 Å². The Morgan fingerprint density at radius 3 is 1.99 bits per heavy atom. The number of ether oxygens (including phenoxy) is 7. The zero-order chi connectivity index (χ0) is 49.7. The number of hydrogen-bond donors (Lipinski definition) is 10. The second-order valence-corrected chi connectivity index (χ2v) is 23.5. The largest absolute Gasteiger partial charge is 0.457 e. The Labute approximate surface area is 398 Å². The number of rotatable bonds is 10. The van der Waals surface area contributed by atoms with E-state index in [1.807, 2.05) is 6.92 Å². The van der Waals surface area contributed by atoms with E-state index in [9.17, 15) is 60.7 Å². The van der Waals surface area contributed by atoms with Crippen LogP contribution >= 0.6 is 0 Å². The van der Waals surface area contributed by atoms with Gasteiger partial charge in [0.05, 0.1) is 37.9 Å². The molecule has 0 radical (unpaired) electrons. The van der Waals surface area contributed by atoms with Crippen molar-refractivity contribution in [2.75, 3.05) is 26.4 Å². The van der Waals surface area contributed by atoms with E-state index in [4.69, 9.17) is 33.2 Å². The van der Waals surface area contributed by atoms with Gasteiger partial charge in [0.1, 0.15) is 61.0 Å². The molecule has 0 aromatic rings. The Morgan fingerprint density at radius 1 is 0.691 bits per heavy atom. The highest BCUT2D eigenvalue weighted by Crippen LogP contribution is 2.76. The molecule has 0 aromatic heterocycles. The van der Waals surface area contributed by atoms with Crippen LogP contribution in [0.4, 0.5) is 0 Å². The van der Waals surface area contributed by atoms with Crippen molar-refractivity contribution in [3.8, 4) is 0 Å². The Balaban J connectivity index is 1.01. The third-order valence-electron chi connectivity index (χ3n) is 19.3. The van der Waals surface area contributed by atoms with Crippen molar-refractivity contribution < 1.29 is 93.8 Å². The van der Waals surface area contributed by atoms with E-state index in [0.29, 0.717) is 32.1 Å². The number of carbonyl (C=O) groups excluding carboxylic acids is 2. The average Bonchev–Trinajstić information content (AvgIpc) is 3.29. The lowest BCUT2D eigenvalue weighted by molar-refractivity contribution is -0.328. The van der Waals surface area contributed by atoms with Gasteiger partial charge >= 0.3 is 11.9 Å². The predicted molar refractivity (Wildman–Crippen MR) is 235 cm³/mol. The fourth-order valence-electron chi connectivity index (χ4n) is 15.0. The maximum absolute atomic E-state index is 15.0. The summed E-state index contributed by atoms with van der Waals surface area (Å²) in [4.78, 5) is 26.6. The second-order valence-electron chi connectivity index (χ2n) is 23.5. The Morgan fingerprint density at radius 2 is 1.32 bits per heavy atom. The molecule has 19 heteroatoms. The smallest absolute Gasteiger partial charge is 0.315 e. The molecule has 0 bridgehead atoms. The van der Waals surface area contributed by atoms with Crippen molar-refractivity contribution in [3.05, 3.63) is 11.6 Å². The lowest BCUT2D eigenvalue weighted by atomic mass is 9.33. The summed E-state index contributed by atoms with van der Waals surface area (Å²) < 4.78 is 40.6. The van der Waals surface area contributed by atoms with E-state index >= 15 is 0 Å². The Hall–Kier alpha value is -1.92. The van der Waals surface area contributed by atoms with Crippen molar-refractivity contribution in [3.63, 3.8) is 0 Å². The van der Waals surface area contributed by atoms with Crippen LogP contribution in [0.3, 0.4) is 0 Å². The van der Waals surface area contributed by atoms with Gasteiger partial charge < -0.3 is 84.2 Å². The normalized spacial score (nSPS) is 52.3. The molecule has 3 aliphatic heterocycles. The molecule has 0 amide bonds. The van der Waals surface area contributed by atoms with Gasteiger partial charge in [-0.3, -0.25) is 9.59 Å². The summed E-state index contributed by atoms with van der Waals surface area (Å²) in [5, 5.41) is 107. The molecule has 3 heterocycles. The highest BCUT2D eigenvalue weighted by atomic mass is 16.7. The molecule has 3 saturated heterocycles. The number of aliphatic hydroxyl groups is 10. The molecule has 7 fully saturated rings. The van der Waals surface area contributed by atoms with Gasteiger partial charge in [-0.2, -0.15) is 0 Å². The van der Waals surface area contributed by atoms with Gasteiger partial charge in [-0.05, 0) is 104 Å². The third kappa shape index (κ3) is 8.41. The number of carbonyl (C=O) groups is 2. The Bertz CT molecular complexity index is 1880. The lowest BCUT2D eigenvalue weighted by Crippen LogP contribution is -2.67. The third-order valence-corrected chi connectivity index (χ3v) is 19.3. The molecule has 5 aliphatic carbocycles. The summed E-state index contributed by atoms with van der Waals surface area (Å²) in [6, 6.07) is 0. The SMILES string of the molecule is CC(=O)O[C@H]1CO[C@H](O[C@H]2CC[C@@]3(C)[C@@H](CC[C@]4(C)[C@@H]3CC=C3[C@H]5CC(C)(C)CC[C@@]5(C(=O)O[C@H]5O[C@@H](CO[C@H]6O[C@@H](CO)[C@H](O)[C@@H](O)[C@@H]6O)[C@H](O)[C@@H](O)[C@@H]5O)CC[C@]34C)[C@]2(C)CO)[C@@H](O)[C@@H]1O. The summed E-state index contributed by atoms with van der Waals surface area (Å²) in [5.41, 5.74) is -1.35. The molecule has 0 aromatic carbocycles. The number of fused-ring (bicyclic) bond motifs is 7. The summed E-state index contributed by atoms with van der Waals surface area (Å²) in [6.45, 7) is 13.3. The van der Waals surface area contributed by atoms with Crippen molar-refractivity contribution in [2.24, 2.45) is 50.2 Å². The van der Waals surface area contributed by atoms with Gasteiger partial charge in [0.15, 0.2) is 18.7 Å². The molecule has 388 valence electrons. The molecule has 8 aliphatic rings. The van der Waals surface area contributed by atoms with Crippen LogP contribution in [-0.2, 0) is 42.7 Å². The van der Waals surface area contributed by atoms with Gasteiger partial charge in [0, 0.05) is 12.3 Å². The van der Waals surface area contributed by atoms with Crippen molar-refractivity contribution >= 4 is 11.9 Å². The van der Waals surface area contributed by atoms with Crippen LogP contribution in [0.2, 0.25) is 0 Å². The van der Waals surface area contributed by atoms with E-state index in [0.717, 1.165) is 32.1 Å². The number of allylic oxidation sites excluding steroid dienone is 2. The highest BCUT2D eigenvalue weighted by molar-refractivity contribution is 5.79. The minimum absolute atomic E-state index is 0.0309. The van der Waals surface area contributed by atoms with E-state index in [1.165, 1.54) is 12.5 Å². The van der Waals surface area contributed by atoms with E-state index < -0.39 is 128 Å². The summed E-state index contributed by atoms with van der Waals surface area (Å²) in [6.07, 6.45) is -12.6. The van der Waals surface area contributed by atoms with Gasteiger partial charge in [0.25, 0.3) is 0 Å². The van der Waals surface area contributed by atoms with E-state index in [1.54, 1.807) is 0 Å². The minimum atomic E-state index is -1.82. The zero-order valence-corrected chi connectivity index (χ0v) is 40.5. The van der Waals surface area contributed by atoms with Crippen LogP contribution in [0.25, 0.3) is 0 Å². The molecule has 68 heavy (non-hydrogen) atoms. The van der Waals surface area contributed by atoms with Crippen molar-refractivity contribution in [1.82, 2.24) is 0 Å². The van der Waals surface area contributed by atoms with Gasteiger partial charge in [-0.1, -0.05) is 53.2 Å². The standard InChI is InChI=1S/C49H78O19/c1-23(52)64-27-20-63-41(37(58)34(27)55)67-31-11-12-45(4)29(46(31,5)22-51)10-13-48(7)30(45)9-8-24-25-18-44(2,3)14-16-49(25,17-15-47(24,48)6)43(61)68-42-39(60)36(57)33(54)28(66-42)21-62-40-38(59)35(56)32(53)26(19-50)65-40/h8,25-42,50-51,53-60H,9-22H2,1-7H3/t25-,26+,27+,28+,29-,30-,31+,32+,33+,34-,35-,36-,37+,38+,39+,40+,41-,42-,45+,46+,47-,48-,49-/m1/s1. The second kappa shape index (κ2) is 18.8. The first kappa shape index (κ1) is 52.4. The topological polar surface area (TPSA) is 301 Å². The van der Waals surface area contributed by atoms with Crippen LogP contribution in [-0.4, -0.2) is 182 Å². The first-order chi connectivity index (χ1) is 31.8. The quantitative estimate of drug-likeness (QED) is 0.0801. The average molecular weight is 971 g/mol. The highest BCUT2D eigenvalue weighted by Gasteiger charge is 2.70. The summed E-state index contributed by atoms with van der Waals surface area (Å²) in [7, 11) is 0. The zero-order valence-electron chi connectivity index (χ0n) is 40.5. The van der Waals surface area contributed by atoms with Crippen molar-refractivity contribution in [1.29, 1.82) is 0 Å². The molecule has 19 nitrogen and oxygen atoms in total. The molecule has 4 saturated carbocycles. The summed E-state index contributed by atoms with van der Waals surface area (Å²) in [5.74, 6) is -1.15. The molecular weight excluding hydrogens is 893 g/mol. The van der Waals surface area contributed by atoms with Crippen LogP contribution in [0.1, 0.15) is 113 Å². The number of esters is 2. The molecule has 0 unspecified atom stereocenters. The Kier molecular flexibility index (Phi) is 14.5. The predicted octanol–water partition coefficient (Wildman–Crippen LogP) is 0.323. The van der Waals surface area contributed by atoms with Crippen LogP contribution in [0.15, 0.2) is 11.6 Å². The number of aliphatic hydroxyl groups excluding tert-OH is 10. The van der Waals surface area contributed by atoms with Crippen LogP contribution < -0.4 is 0 Å². The first-order valence-corrected chi connectivity index (χ1v) is 24.8. The first-order valence-electron chi connectivity index (χ1n) is 24.8. The van der Waals surface area contributed by atoms with Gasteiger partial charge in [-0.25, -0.2) is 0 Å². The summed E-state index contributed by atoms with van der Waals surface area (Å²) >= 11 is 0. The lowest BCUT2D eigenvalue weighted by Gasteiger charge is -2.71. The molecular formula is C49H78O19. The van der Waals surface area contributed by atoms with Crippen molar-refractivity contribution in [2.45, 2.75) is 205 Å². The minimum Gasteiger partial charge on any atom is -0.457 e. The fraction of sp³-hybridized carbons (Fsp3) is 0.918. The molecule has 10 N–H and O–H groups in total. The molecule has 23 atom stereocenters. The number of hydrogen-bond acceptors (Lipinski definition) is 19. The maximum Gasteiger partial charge on any atom is 0.315 e. The monoisotopic (exact) mass is 971 g/mol. The van der Waals surface area contributed by atoms with E-state index in [2.05, 4.69) is 40.7 Å². The molecule has 8 rings (SSSR count).